The van der Waals surface area contributed by atoms with Crippen LogP contribution in [0.1, 0.15) is 35.8 Å². The monoisotopic (exact) mass is 333 g/mol. The molecule has 1 heterocycles. The minimum atomic E-state index is -1.18. The molecule has 7 heteroatoms. The average Bonchev–Trinajstić information content (AvgIpc) is 2.99. The van der Waals surface area contributed by atoms with E-state index in [0.717, 1.165) is 11.4 Å². The Hall–Kier alpha value is -2.38. The fraction of sp³-hybridized carbons (Fsp3) is 0.412. The fourth-order valence-corrected chi connectivity index (χ4v) is 2.25. The van der Waals surface area contributed by atoms with Crippen LogP contribution in [0, 0.1) is 6.92 Å². The highest BCUT2D eigenvalue weighted by Crippen LogP contribution is 2.18. The number of imidazole rings is 1. The summed E-state index contributed by atoms with van der Waals surface area (Å²) in [7, 11) is 0. The Kier molecular flexibility index (Phi) is 6.34. The molecule has 130 valence electrons. The first-order valence-electron chi connectivity index (χ1n) is 7.87. The number of nitrogens with zero attached hydrogens (tertiary/aromatic N) is 1. The Bertz CT molecular complexity index is 657. The number of rotatable bonds is 7. The number of aromatic nitrogens is 2. The van der Waals surface area contributed by atoms with Gasteiger partial charge in [0.2, 0.25) is 0 Å². The molecule has 0 fully saturated rings. The summed E-state index contributed by atoms with van der Waals surface area (Å²) in [5, 5.41) is 22.6. The Balaban J connectivity index is 1.80. The molecule has 0 saturated carbocycles. The largest absolute Gasteiger partial charge is 0.445 e. The van der Waals surface area contributed by atoms with Crippen molar-refractivity contribution in [3.8, 4) is 0 Å². The van der Waals surface area contributed by atoms with Crippen LogP contribution in [-0.2, 0) is 17.8 Å². The predicted molar refractivity (Wildman–Crippen MR) is 88.3 cm³/mol. The van der Waals surface area contributed by atoms with Gasteiger partial charge >= 0.3 is 6.09 Å². The molecule has 7 nitrogen and oxygen atoms in total. The van der Waals surface area contributed by atoms with Crippen LogP contribution in [0.3, 0.4) is 0 Å². The zero-order valence-corrected chi connectivity index (χ0v) is 13.8. The van der Waals surface area contributed by atoms with E-state index in [4.69, 9.17) is 4.74 Å². The number of hydrogen-bond donors (Lipinski definition) is 4. The van der Waals surface area contributed by atoms with Crippen LogP contribution in [0.2, 0.25) is 0 Å². The van der Waals surface area contributed by atoms with Crippen molar-refractivity contribution in [3.05, 3.63) is 53.1 Å². The van der Waals surface area contributed by atoms with E-state index in [-0.39, 0.29) is 13.2 Å². The molecule has 1 aromatic carbocycles. The highest BCUT2D eigenvalue weighted by Gasteiger charge is 2.23. The molecule has 4 N–H and O–H groups in total. The lowest BCUT2D eigenvalue weighted by Gasteiger charge is -2.17. The lowest BCUT2D eigenvalue weighted by molar-refractivity contribution is 0.0157. The number of H-pyrrole nitrogens is 1. The van der Waals surface area contributed by atoms with Gasteiger partial charge in [-0.25, -0.2) is 9.78 Å². The van der Waals surface area contributed by atoms with Gasteiger partial charge in [-0.2, -0.15) is 0 Å². The number of benzene rings is 1. The van der Waals surface area contributed by atoms with E-state index >= 15 is 0 Å². The first-order valence-corrected chi connectivity index (χ1v) is 7.87. The minimum absolute atomic E-state index is 0.136. The van der Waals surface area contributed by atoms with E-state index in [2.05, 4.69) is 15.3 Å². The van der Waals surface area contributed by atoms with Gasteiger partial charge in [0, 0.05) is 18.7 Å². The molecule has 0 aliphatic rings. The minimum Gasteiger partial charge on any atom is -0.445 e. The number of aromatic amines is 1. The molecule has 0 aliphatic heterocycles. The van der Waals surface area contributed by atoms with Gasteiger partial charge in [0.05, 0.1) is 5.69 Å². The fourth-order valence-electron chi connectivity index (χ4n) is 2.25. The Morgan fingerprint density at radius 2 is 2.04 bits per heavy atom. The zero-order chi connectivity index (χ0) is 17.5. The molecule has 2 atom stereocenters. The van der Waals surface area contributed by atoms with Crippen molar-refractivity contribution in [2.45, 2.75) is 39.1 Å². The summed E-state index contributed by atoms with van der Waals surface area (Å²) in [6.07, 6.45) is -2.32. The second kappa shape index (κ2) is 8.47. The third kappa shape index (κ3) is 4.81. The number of aryl methyl sites for hydroxylation is 2. The van der Waals surface area contributed by atoms with Crippen molar-refractivity contribution >= 4 is 6.09 Å². The van der Waals surface area contributed by atoms with Crippen molar-refractivity contribution in [2.24, 2.45) is 0 Å². The highest BCUT2D eigenvalue weighted by atomic mass is 16.5. The van der Waals surface area contributed by atoms with E-state index in [9.17, 15) is 15.0 Å². The molecule has 0 aliphatic carbocycles. The van der Waals surface area contributed by atoms with E-state index in [0.29, 0.717) is 17.8 Å². The summed E-state index contributed by atoms with van der Waals surface area (Å²) < 4.78 is 5.04. The van der Waals surface area contributed by atoms with Gasteiger partial charge in [-0.1, -0.05) is 37.3 Å². The standard InChI is InChI=1S/C17H23N3O4/c1-3-14-19-11(2)15(20-14)16(22)13(21)9-18-17(23)24-10-12-7-5-4-6-8-12/h4-8,13,16,21-22H,3,9-10H2,1-2H3,(H,18,23)(H,19,20). The molecule has 24 heavy (non-hydrogen) atoms. The number of ether oxygens (including phenoxy) is 1. The van der Waals surface area contributed by atoms with Crippen molar-refractivity contribution in [3.63, 3.8) is 0 Å². The maximum Gasteiger partial charge on any atom is 0.407 e. The predicted octanol–water partition coefficient (Wildman–Crippen LogP) is 1.60. The molecule has 0 radical (unpaired) electrons. The number of hydrogen-bond acceptors (Lipinski definition) is 5. The summed E-state index contributed by atoms with van der Waals surface area (Å²) in [6, 6.07) is 9.28. The summed E-state index contributed by atoms with van der Waals surface area (Å²) in [4.78, 5) is 18.9. The van der Waals surface area contributed by atoms with Gasteiger partial charge in [0.25, 0.3) is 0 Å². The van der Waals surface area contributed by atoms with Crippen LogP contribution < -0.4 is 5.32 Å². The van der Waals surface area contributed by atoms with Crippen molar-refractivity contribution in [2.75, 3.05) is 6.54 Å². The number of alkyl carbamates (subject to hydrolysis) is 1. The maximum absolute atomic E-state index is 11.6. The number of carbonyl (C=O) groups excluding carboxylic acids is 1. The lowest BCUT2D eigenvalue weighted by atomic mass is 10.1. The van der Waals surface area contributed by atoms with Gasteiger partial charge in [0.15, 0.2) is 0 Å². The summed E-state index contributed by atoms with van der Waals surface area (Å²) in [5.41, 5.74) is 1.95. The van der Waals surface area contributed by atoms with Crippen LogP contribution in [-0.4, -0.2) is 38.9 Å². The van der Waals surface area contributed by atoms with Crippen LogP contribution in [0.15, 0.2) is 30.3 Å². The zero-order valence-electron chi connectivity index (χ0n) is 13.8. The van der Waals surface area contributed by atoms with Gasteiger partial charge in [0.1, 0.15) is 24.6 Å². The lowest BCUT2D eigenvalue weighted by Crippen LogP contribution is -2.36. The van der Waals surface area contributed by atoms with E-state index in [1.807, 2.05) is 37.3 Å². The second-order valence-corrected chi connectivity index (χ2v) is 5.50. The van der Waals surface area contributed by atoms with Crippen LogP contribution in [0.25, 0.3) is 0 Å². The van der Waals surface area contributed by atoms with Gasteiger partial charge in [-0.05, 0) is 12.5 Å². The Morgan fingerprint density at radius 3 is 2.67 bits per heavy atom. The molecular weight excluding hydrogens is 310 g/mol. The van der Waals surface area contributed by atoms with Crippen molar-refractivity contribution < 1.29 is 19.7 Å². The van der Waals surface area contributed by atoms with Crippen molar-refractivity contribution in [1.82, 2.24) is 15.3 Å². The first kappa shape index (κ1) is 18.0. The van der Waals surface area contributed by atoms with Crippen molar-refractivity contribution in [1.29, 1.82) is 0 Å². The van der Waals surface area contributed by atoms with E-state index < -0.39 is 18.3 Å². The van der Waals surface area contributed by atoms with Gasteiger partial charge in [-0.3, -0.25) is 0 Å². The number of amides is 1. The molecule has 1 aromatic heterocycles. The summed E-state index contributed by atoms with van der Waals surface area (Å²) in [5.74, 6) is 0.740. The summed E-state index contributed by atoms with van der Waals surface area (Å²) in [6.45, 7) is 3.72. The van der Waals surface area contributed by atoms with E-state index in [1.165, 1.54) is 0 Å². The Labute approximate surface area is 140 Å². The SMILES string of the molecule is CCc1nc(C(O)C(O)CNC(=O)OCc2ccccc2)c(C)[nH]1. The second-order valence-electron chi connectivity index (χ2n) is 5.50. The normalized spacial score (nSPS) is 13.3. The number of aliphatic hydroxyl groups is 2. The number of aliphatic hydroxyl groups excluding tert-OH is 2. The quantitative estimate of drug-likeness (QED) is 0.616. The van der Waals surface area contributed by atoms with Crippen LogP contribution in [0.5, 0.6) is 0 Å². The molecule has 0 saturated heterocycles. The Morgan fingerprint density at radius 1 is 1.33 bits per heavy atom. The molecule has 1 amide bonds. The smallest absolute Gasteiger partial charge is 0.407 e. The third-order valence-electron chi connectivity index (χ3n) is 3.62. The first-order chi connectivity index (χ1) is 11.5. The highest BCUT2D eigenvalue weighted by molar-refractivity contribution is 5.67. The van der Waals surface area contributed by atoms with Crippen LogP contribution in [0.4, 0.5) is 4.79 Å². The molecule has 0 bridgehead atoms. The summed E-state index contributed by atoms with van der Waals surface area (Å²) >= 11 is 0. The third-order valence-corrected chi connectivity index (χ3v) is 3.62. The number of nitrogens with one attached hydrogen (secondary N) is 2. The molecule has 0 spiro atoms. The molecule has 2 aromatic rings. The molecular formula is C17H23N3O4. The van der Waals surface area contributed by atoms with E-state index in [1.54, 1.807) is 6.92 Å². The van der Waals surface area contributed by atoms with Crippen LogP contribution >= 0.6 is 0 Å². The maximum atomic E-state index is 11.6. The molecule has 2 rings (SSSR count). The average molecular weight is 333 g/mol. The molecule has 2 unspecified atom stereocenters. The topological polar surface area (TPSA) is 107 Å². The number of carbonyl (C=O) groups is 1. The van der Waals surface area contributed by atoms with Gasteiger partial charge < -0.3 is 25.3 Å². The van der Waals surface area contributed by atoms with Gasteiger partial charge in [-0.15, -0.1) is 0 Å².